The number of benzene rings is 1. The van der Waals surface area contributed by atoms with Crippen molar-refractivity contribution in [3.63, 3.8) is 0 Å². The fourth-order valence-corrected chi connectivity index (χ4v) is 2.09. The summed E-state index contributed by atoms with van der Waals surface area (Å²) in [6.45, 7) is 5.91. The smallest absolute Gasteiger partial charge is 0.357 e. The van der Waals surface area contributed by atoms with Crippen molar-refractivity contribution in [2.45, 2.75) is 32.9 Å². The molecule has 4 nitrogen and oxygen atoms in total. The average Bonchev–Trinajstić information content (AvgIpc) is 2.82. The molecule has 0 bridgehead atoms. The van der Waals surface area contributed by atoms with Gasteiger partial charge in [-0.25, -0.2) is 0 Å². The number of anilines is 1. The molecule has 0 radical (unpaired) electrons. The molecule has 0 aliphatic rings. The van der Waals surface area contributed by atoms with Gasteiger partial charge in [0, 0.05) is 7.05 Å². The van der Waals surface area contributed by atoms with Crippen molar-refractivity contribution in [2.75, 3.05) is 12.4 Å². The van der Waals surface area contributed by atoms with Gasteiger partial charge in [-0.05, 0) is 24.5 Å². The van der Waals surface area contributed by atoms with Crippen molar-refractivity contribution < 1.29 is 13.2 Å². The van der Waals surface area contributed by atoms with Crippen molar-refractivity contribution in [1.29, 1.82) is 0 Å². The van der Waals surface area contributed by atoms with Crippen molar-refractivity contribution in [3.8, 4) is 5.69 Å². The lowest BCUT2D eigenvalue weighted by atomic mass is 9.99. The van der Waals surface area contributed by atoms with E-state index < -0.39 is 12.0 Å². The largest absolute Gasteiger partial charge is 0.453 e. The van der Waals surface area contributed by atoms with Gasteiger partial charge in [-0.15, -0.1) is 5.10 Å². The normalized spacial score (nSPS) is 12.0. The van der Waals surface area contributed by atoms with Gasteiger partial charge < -0.3 is 5.32 Å². The summed E-state index contributed by atoms with van der Waals surface area (Å²) in [6, 6.07) is 5.56. The highest BCUT2D eigenvalue weighted by atomic mass is 19.4. The number of halogens is 3. The summed E-state index contributed by atoms with van der Waals surface area (Å²) in [6.07, 6.45) is -4.57. The van der Waals surface area contributed by atoms with Crippen LogP contribution in [0.4, 0.5) is 19.1 Å². The van der Waals surface area contributed by atoms with E-state index in [0.29, 0.717) is 5.69 Å². The van der Waals surface area contributed by atoms with Crippen LogP contribution in [-0.4, -0.2) is 21.8 Å². The zero-order valence-electron chi connectivity index (χ0n) is 12.3. The lowest BCUT2D eigenvalue weighted by molar-refractivity contribution is -0.144. The Morgan fingerprint density at radius 1 is 1.24 bits per heavy atom. The van der Waals surface area contributed by atoms with E-state index in [-0.39, 0.29) is 11.9 Å². The fourth-order valence-electron chi connectivity index (χ4n) is 2.09. The fraction of sp³-hybridized carbons (Fsp3) is 0.429. The topological polar surface area (TPSA) is 42.7 Å². The second-order valence-corrected chi connectivity index (χ2v) is 5.14. The second kappa shape index (κ2) is 5.38. The molecule has 0 spiro atoms. The number of aryl methyl sites for hydroxylation is 1. The first-order chi connectivity index (χ1) is 9.74. The summed E-state index contributed by atoms with van der Waals surface area (Å²) < 4.78 is 39.6. The Balaban J connectivity index is 2.64. The first-order valence-corrected chi connectivity index (χ1v) is 6.57. The number of hydrogen-bond acceptors (Lipinski definition) is 3. The first kappa shape index (κ1) is 15.3. The van der Waals surface area contributed by atoms with Crippen molar-refractivity contribution >= 4 is 5.95 Å². The van der Waals surface area contributed by atoms with Crippen LogP contribution in [0.3, 0.4) is 0 Å². The molecule has 0 amide bonds. The summed E-state index contributed by atoms with van der Waals surface area (Å²) in [7, 11) is 1.52. The summed E-state index contributed by atoms with van der Waals surface area (Å²) in [5.41, 5.74) is 2.57. The van der Waals surface area contributed by atoms with Gasteiger partial charge in [0.25, 0.3) is 5.82 Å². The number of nitrogens with zero attached hydrogens (tertiary/aromatic N) is 3. The van der Waals surface area contributed by atoms with E-state index in [1.165, 1.54) is 11.7 Å². The number of alkyl halides is 3. The van der Waals surface area contributed by atoms with Crippen molar-refractivity contribution in [3.05, 3.63) is 35.2 Å². The standard InChI is InChI=1S/C14H17F3N4/c1-8(2)10-7-9(3)5-6-11(10)21-13(18-4)19-12(20-21)14(15,16)17/h5-8H,1-4H3,(H,18,19,20). The third kappa shape index (κ3) is 3.01. The predicted octanol–water partition coefficient (Wildman–Crippen LogP) is 3.76. The molecule has 0 saturated carbocycles. The quantitative estimate of drug-likeness (QED) is 0.938. The molecule has 1 aromatic carbocycles. The molecule has 0 atom stereocenters. The number of hydrogen-bond donors (Lipinski definition) is 1. The lowest BCUT2D eigenvalue weighted by Gasteiger charge is -2.14. The van der Waals surface area contributed by atoms with E-state index in [0.717, 1.165) is 11.1 Å². The zero-order valence-corrected chi connectivity index (χ0v) is 12.3. The molecular formula is C14H17F3N4. The highest BCUT2D eigenvalue weighted by molar-refractivity contribution is 5.48. The molecule has 1 aromatic heterocycles. The SMILES string of the molecule is CNc1nc(C(F)(F)F)nn1-c1ccc(C)cc1C(C)C. The monoisotopic (exact) mass is 298 g/mol. The Kier molecular flexibility index (Phi) is 3.93. The minimum Gasteiger partial charge on any atom is -0.357 e. The van der Waals surface area contributed by atoms with E-state index in [1.807, 2.05) is 32.9 Å². The number of rotatable bonds is 3. The van der Waals surface area contributed by atoms with E-state index in [4.69, 9.17) is 0 Å². The molecule has 0 aliphatic heterocycles. The second-order valence-electron chi connectivity index (χ2n) is 5.14. The number of nitrogens with one attached hydrogen (secondary N) is 1. The van der Waals surface area contributed by atoms with E-state index in [1.54, 1.807) is 6.07 Å². The highest BCUT2D eigenvalue weighted by Gasteiger charge is 2.37. The van der Waals surface area contributed by atoms with Gasteiger partial charge in [0.05, 0.1) is 5.69 Å². The Morgan fingerprint density at radius 2 is 1.90 bits per heavy atom. The molecule has 114 valence electrons. The molecule has 0 unspecified atom stereocenters. The van der Waals surface area contributed by atoms with Gasteiger partial charge in [-0.2, -0.15) is 22.8 Å². The third-order valence-corrected chi connectivity index (χ3v) is 3.12. The molecule has 1 N–H and O–H groups in total. The highest BCUT2D eigenvalue weighted by Crippen LogP contribution is 2.30. The maximum Gasteiger partial charge on any atom is 0.453 e. The maximum absolute atomic E-state index is 12.8. The van der Waals surface area contributed by atoms with Crippen molar-refractivity contribution in [1.82, 2.24) is 14.8 Å². The first-order valence-electron chi connectivity index (χ1n) is 6.57. The summed E-state index contributed by atoms with van der Waals surface area (Å²) in [4.78, 5) is 3.51. The van der Waals surface area contributed by atoms with Crippen LogP contribution in [0.2, 0.25) is 0 Å². The van der Waals surface area contributed by atoms with Crippen LogP contribution in [-0.2, 0) is 6.18 Å². The molecule has 2 aromatic rings. The minimum atomic E-state index is -4.57. The molecule has 0 aliphatic carbocycles. The van der Waals surface area contributed by atoms with E-state index >= 15 is 0 Å². The van der Waals surface area contributed by atoms with Crippen LogP contribution in [0.15, 0.2) is 18.2 Å². The van der Waals surface area contributed by atoms with Gasteiger partial charge >= 0.3 is 6.18 Å². The zero-order chi connectivity index (χ0) is 15.8. The van der Waals surface area contributed by atoms with Crippen LogP contribution >= 0.6 is 0 Å². The summed E-state index contributed by atoms with van der Waals surface area (Å²) >= 11 is 0. The molecule has 21 heavy (non-hydrogen) atoms. The average molecular weight is 298 g/mol. The minimum absolute atomic E-state index is 0.0630. The molecule has 7 heteroatoms. The van der Waals surface area contributed by atoms with Crippen LogP contribution < -0.4 is 5.32 Å². The molecular weight excluding hydrogens is 281 g/mol. The lowest BCUT2D eigenvalue weighted by Crippen LogP contribution is -2.10. The van der Waals surface area contributed by atoms with Crippen LogP contribution in [0.25, 0.3) is 5.69 Å². The summed E-state index contributed by atoms with van der Waals surface area (Å²) in [5.74, 6) is -0.932. The number of aromatic nitrogens is 3. The van der Waals surface area contributed by atoms with Gasteiger partial charge in [-0.3, -0.25) is 0 Å². The Labute approximate surface area is 121 Å². The van der Waals surface area contributed by atoms with Gasteiger partial charge in [0.15, 0.2) is 0 Å². The molecule has 0 saturated heterocycles. The third-order valence-electron chi connectivity index (χ3n) is 3.12. The van der Waals surface area contributed by atoms with Gasteiger partial charge in [0.2, 0.25) is 5.95 Å². The van der Waals surface area contributed by atoms with E-state index in [2.05, 4.69) is 15.4 Å². The van der Waals surface area contributed by atoms with Gasteiger partial charge in [-0.1, -0.05) is 31.5 Å². The molecule has 1 heterocycles. The van der Waals surface area contributed by atoms with Crippen LogP contribution in [0, 0.1) is 6.92 Å². The molecule has 2 rings (SSSR count). The predicted molar refractivity (Wildman–Crippen MR) is 74.7 cm³/mol. The van der Waals surface area contributed by atoms with E-state index in [9.17, 15) is 13.2 Å². The summed E-state index contributed by atoms with van der Waals surface area (Å²) in [5, 5.41) is 6.27. The Hall–Kier alpha value is -2.05. The maximum atomic E-state index is 12.8. The van der Waals surface area contributed by atoms with Crippen LogP contribution in [0.5, 0.6) is 0 Å². The van der Waals surface area contributed by atoms with Gasteiger partial charge in [0.1, 0.15) is 0 Å². The molecule has 0 fully saturated rings. The Morgan fingerprint density at radius 3 is 2.43 bits per heavy atom. The van der Waals surface area contributed by atoms with Crippen molar-refractivity contribution in [2.24, 2.45) is 0 Å². The van der Waals surface area contributed by atoms with Crippen LogP contribution in [0.1, 0.15) is 36.7 Å². The Bertz CT molecular complexity index is 644.